The Bertz CT molecular complexity index is 419. The third kappa shape index (κ3) is 3.60. The van der Waals surface area contributed by atoms with Gasteiger partial charge in [-0.15, -0.1) is 0 Å². The van der Waals surface area contributed by atoms with Gasteiger partial charge in [0, 0.05) is 6.54 Å². The van der Waals surface area contributed by atoms with Crippen LogP contribution < -0.4 is 5.32 Å². The van der Waals surface area contributed by atoms with Crippen LogP contribution in [0.5, 0.6) is 0 Å². The molecule has 17 heavy (non-hydrogen) atoms. The minimum atomic E-state index is -0.455. The molecule has 94 valence electrons. The van der Waals surface area contributed by atoms with E-state index in [0.29, 0.717) is 12.2 Å². The Labute approximate surface area is 106 Å². The van der Waals surface area contributed by atoms with Crippen LogP contribution in [-0.2, 0) is 0 Å². The summed E-state index contributed by atoms with van der Waals surface area (Å²) in [5.74, 6) is 0. The Morgan fingerprint density at radius 2 is 2.12 bits per heavy atom. The molecule has 0 aliphatic rings. The fourth-order valence-corrected chi connectivity index (χ4v) is 1.55. The molecule has 0 fully saturated rings. The van der Waals surface area contributed by atoms with Crippen LogP contribution in [0, 0.1) is 15.5 Å². The average molecular weight is 257 g/mol. The highest BCUT2D eigenvalue weighted by Gasteiger charge is 2.21. The third-order valence-corrected chi connectivity index (χ3v) is 3.19. The van der Waals surface area contributed by atoms with Crippen LogP contribution in [0.15, 0.2) is 18.2 Å². The van der Waals surface area contributed by atoms with Gasteiger partial charge < -0.3 is 5.32 Å². The summed E-state index contributed by atoms with van der Waals surface area (Å²) in [5.41, 5.74) is 0.515. The van der Waals surface area contributed by atoms with Crippen LogP contribution in [0.25, 0.3) is 0 Å². The van der Waals surface area contributed by atoms with Gasteiger partial charge in [0.2, 0.25) is 0 Å². The standard InChI is InChI=1S/C12H17ClN2O2/c1-4-12(2,3)8-14-10-7-5-6-9(13)11(10)15(16)17/h5-7,14H,4,8H2,1-3H3. The van der Waals surface area contributed by atoms with Gasteiger partial charge in [-0.05, 0) is 24.0 Å². The van der Waals surface area contributed by atoms with E-state index in [1.165, 1.54) is 6.07 Å². The van der Waals surface area contributed by atoms with Crippen molar-refractivity contribution in [2.75, 3.05) is 11.9 Å². The molecule has 0 aliphatic heterocycles. The van der Waals surface area contributed by atoms with Gasteiger partial charge >= 0.3 is 5.69 Å². The zero-order valence-electron chi connectivity index (χ0n) is 10.3. The van der Waals surface area contributed by atoms with Crippen molar-refractivity contribution < 1.29 is 4.92 Å². The number of hydrogen-bond donors (Lipinski definition) is 1. The SMILES string of the molecule is CCC(C)(C)CNc1cccc(Cl)c1[N+](=O)[O-]. The monoisotopic (exact) mass is 256 g/mol. The first-order valence-electron chi connectivity index (χ1n) is 5.54. The van der Waals surface area contributed by atoms with E-state index < -0.39 is 4.92 Å². The van der Waals surface area contributed by atoms with Gasteiger partial charge in [0.1, 0.15) is 10.7 Å². The van der Waals surface area contributed by atoms with Crippen molar-refractivity contribution >= 4 is 23.0 Å². The number of benzene rings is 1. The Balaban J connectivity index is 2.92. The molecule has 0 amide bonds. The lowest BCUT2D eigenvalue weighted by Crippen LogP contribution is -2.22. The second kappa shape index (κ2) is 5.36. The van der Waals surface area contributed by atoms with E-state index in [-0.39, 0.29) is 16.1 Å². The number of anilines is 1. The van der Waals surface area contributed by atoms with E-state index in [1.807, 2.05) is 0 Å². The first kappa shape index (κ1) is 13.8. The Hall–Kier alpha value is -1.29. The van der Waals surface area contributed by atoms with Crippen LogP contribution in [0.4, 0.5) is 11.4 Å². The van der Waals surface area contributed by atoms with Crippen molar-refractivity contribution in [3.05, 3.63) is 33.3 Å². The predicted octanol–water partition coefficient (Wildman–Crippen LogP) is 4.10. The number of rotatable bonds is 5. The van der Waals surface area contributed by atoms with E-state index in [2.05, 4.69) is 26.1 Å². The topological polar surface area (TPSA) is 55.2 Å². The van der Waals surface area contributed by atoms with E-state index in [4.69, 9.17) is 11.6 Å². The lowest BCUT2D eigenvalue weighted by Gasteiger charge is -2.23. The van der Waals surface area contributed by atoms with Crippen molar-refractivity contribution in [2.45, 2.75) is 27.2 Å². The Morgan fingerprint density at radius 3 is 2.65 bits per heavy atom. The van der Waals surface area contributed by atoms with Gasteiger partial charge in [0.25, 0.3) is 0 Å². The molecule has 0 unspecified atom stereocenters. The Morgan fingerprint density at radius 1 is 1.47 bits per heavy atom. The lowest BCUT2D eigenvalue weighted by molar-refractivity contribution is -0.383. The minimum absolute atomic E-state index is 0.0546. The minimum Gasteiger partial charge on any atom is -0.379 e. The number of para-hydroxylation sites is 1. The highest BCUT2D eigenvalue weighted by Crippen LogP contribution is 2.33. The number of nitrogens with zero attached hydrogens (tertiary/aromatic N) is 1. The van der Waals surface area contributed by atoms with Crippen molar-refractivity contribution in [3.63, 3.8) is 0 Å². The summed E-state index contributed by atoms with van der Waals surface area (Å²) >= 11 is 5.83. The average Bonchev–Trinajstić information content (AvgIpc) is 2.26. The summed E-state index contributed by atoms with van der Waals surface area (Å²) in [6.45, 7) is 6.98. The number of halogens is 1. The predicted molar refractivity (Wildman–Crippen MR) is 70.7 cm³/mol. The van der Waals surface area contributed by atoms with Gasteiger partial charge in [-0.25, -0.2) is 0 Å². The molecule has 0 heterocycles. The molecule has 0 radical (unpaired) electrons. The maximum Gasteiger partial charge on any atom is 0.310 e. The molecule has 1 rings (SSSR count). The molecule has 5 heteroatoms. The van der Waals surface area contributed by atoms with Gasteiger partial charge in [0.05, 0.1) is 4.92 Å². The van der Waals surface area contributed by atoms with Crippen molar-refractivity contribution in [1.82, 2.24) is 0 Å². The van der Waals surface area contributed by atoms with Crippen LogP contribution in [0.3, 0.4) is 0 Å². The van der Waals surface area contributed by atoms with Crippen LogP contribution in [0.1, 0.15) is 27.2 Å². The van der Waals surface area contributed by atoms with Gasteiger partial charge in [-0.2, -0.15) is 0 Å². The van der Waals surface area contributed by atoms with Crippen molar-refractivity contribution in [1.29, 1.82) is 0 Å². The number of hydrogen-bond acceptors (Lipinski definition) is 3. The summed E-state index contributed by atoms with van der Waals surface area (Å²) < 4.78 is 0. The molecule has 0 saturated heterocycles. The first-order chi connectivity index (χ1) is 7.87. The fraction of sp³-hybridized carbons (Fsp3) is 0.500. The molecule has 0 spiro atoms. The van der Waals surface area contributed by atoms with Crippen molar-refractivity contribution in [2.24, 2.45) is 5.41 Å². The maximum atomic E-state index is 10.9. The largest absolute Gasteiger partial charge is 0.379 e. The molecular formula is C12H17ClN2O2. The van der Waals surface area contributed by atoms with E-state index in [0.717, 1.165) is 6.42 Å². The summed E-state index contributed by atoms with van der Waals surface area (Å²) in [6, 6.07) is 4.90. The van der Waals surface area contributed by atoms with Gasteiger partial charge in [-0.1, -0.05) is 38.4 Å². The Kier molecular flexibility index (Phi) is 4.34. The maximum absolute atomic E-state index is 10.9. The molecule has 0 aliphatic carbocycles. The highest BCUT2D eigenvalue weighted by atomic mass is 35.5. The normalized spacial score (nSPS) is 11.3. The molecule has 0 bridgehead atoms. The summed E-state index contributed by atoms with van der Waals surface area (Å²) in [4.78, 5) is 10.5. The zero-order chi connectivity index (χ0) is 13.1. The zero-order valence-corrected chi connectivity index (χ0v) is 11.0. The molecule has 1 aromatic rings. The molecule has 4 nitrogen and oxygen atoms in total. The summed E-state index contributed by atoms with van der Waals surface area (Å²) in [6.07, 6.45) is 0.994. The van der Waals surface area contributed by atoms with Gasteiger partial charge in [0.15, 0.2) is 0 Å². The van der Waals surface area contributed by atoms with Gasteiger partial charge in [-0.3, -0.25) is 10.1 Å². The van der Waals surface area contributed by atoms with E-state index in [1.54, 1.807) is 12.1 Å². The summed E-state index contributed by atoms with van der Waals surface area (Å²) in [7, 11) is 0. The smallest absolute Gasteiger partial charge is 0.310 e. The molecular weight excluding hydrogens is 240 g/mol. The molecule has 0 aromatic heterocycles. The first-order valence-corrected chi connectivity index (χ1v) is 5.92. The molecule has 0 atom stereocenters. The quantitative estimate of drug-likeness (QED) is 0.637. The van der Waals surface area contributed by atoms with Crippen LogP contribution >= 0.6 is 11.6 Å². The third-order valence-electron chi connectivity index (χ3n) is 2.88. The molecule has 1 aromatic carbocycles. The van der Waals surface area contributed by atoms with Crippen molar-refractivity contribution in [3.8, 4) is 0 Å². The van der Waals surface area contributed by atoms with E-state index in [9.17, 15) is 10.1 Å². The highest BCUT2D eigenvalue weighted by molar-refractivity contribution is 6.33. The second-order valence-electron chi connectivity index (χ2n) is 4.76. The summed E-state index contributed by atoms with van der Waals surface area (Å²) in [5, 5.41) is 14.2. The number of nitrogens with one attached hydrogen (secondary N) is 1. The van der Waals surface area contributed by atoms with Crippen LogP contribution in [-0.4, -0.2) is 11.5 Å². The second-order valence-corrected chi connectivity index (χ2v) is 5.17. The number of nitro benzene ring substituents is 1. The fourth-order valence-electron chi connectivity index (χ4n) is 1.30. The molecule has 1 N–H and O–H groups in total. The van der Waals surface area contributed by atoms with Crippen LogP contribution in [0.2, 0.25) is 5.02 Å². The number of nitro groups is 1. The van der Waals surface area contributed by atoms with E-state index >= 15 is 0 Å². The molecule has 0 saturated carbocycles. The lowest BCUT2D eigenvalue weighted by atomic mass is 9.90.